The predicted octanol–water partition coefficient (Wildman–Crippen LogP) is 1.31. The number of benzene rings is 1. The molecule has 0 unspecified atom stereocenters. The second kappa shape index (κ2) is 7.36. The number of para-hydroxylation sites is 1. The average molecular weight is 371 g/mol. The van der Waals surface area contributed by atoms with Crippen LogP contribution < -0.4 is 5.43 Å². The second-order valence-corrected chi connectivity index (χ2v) is 6.51. The Hall–Kier alpha value is -2.93. The van der Waals surface area contributed by atoms with Gasteiger partial charge in [0.2, 0.25) is 0 Å². The highest BCUT2D eigenvalue weighted by Gasteiger charge is 2.47. The van der Waals surface area contributed by atoms with E-state index < -0.39 is 29.9 Å². The maximum Gasteiger partial charge on any atom is 0.312 e. The Bertz CT molecular complexity index is 933. The molecular formula is C20H21NO6. The van der Waals surface area contributed by atoms with Crippen molar-refractivity contribution < 1.29 is 24.2 Å². The summed E-state index contributed by atoms with van der Waals surface area (Å²) >= 11 is 0. The highest BCUT2D eigenvalue weighted by Crippen LogP contribution is 2.39. The fourth-order valence-corrected chi connectivity index (χ4v) is 3.81. The van der Waals surface area contributed by atoms with Crippen molar-refractivity contribution in [3.63, 3.8) is 0 Å². The first-order valence-corrected chi connectivity index (χ1v) is 8.55. The van der Waals surface area contributed by atoms with E-state index in [2.05, 4.69) is 0 Å². The van der Waals surface area contributed by atoms with Gasteiger partial charge >= 0.3 is 11.9 Å². The van der Waals surface area contributed by atoms with Crippen LogP contribution in [0.2, 0.25) is 0 Å². The van der Waals surface area contributed by atoms with Crippen molar-refractivity contribution >= 4 is 11.9 Å². The van der Waals surface area contributed by atoms with Gasteiger partial charge in [-0.15, -0.1) is 0 Å². The molecule has 0 amide bonds. The van der Waals surface area contributed by atoms with Gasteiger partial charge in [0.1, 0.15) is 5.92 Å². The van der Waals surface area contributed by atoms with E-state index in [0.717, 1.165) is 5.69 Å². The summed E-state index contributed by atoms with van der Waals surface area (Å²) in [5.74, 6) is -3.55. The summed E-state index contributed by atoms with van der Waals surface area (Å²) in [6.07, 6.45) is -1.39. The first-order valence-electron chi connectivity index (χ1n) is 8.55. The monoisotopic (exact) mass is 371 g/mol. The van der Waals surface area contributed by atoms with Gasteiger partial charge in [0, 0.05) is 35.1 Å². The van der Waals surface area contributed by atoms with Gasteiger partial charge in [-0.1, -0.05) is 18.2 Å². The van der Waals surface area contributed by atoms with Crippen LogP contribution >= 0.6 is 0 Å². The van der Waals surface area contributed by atoms with E-state index in [1.165, 1.54) is 20.3 Å². The lowest BCUT2D eigenvalue weighted by Gasteiger charge is -2.35. The van der Waals surface area contributed by atoms with Crippen molar-refractivity contribution in [2.75, 3.05) is 14.2 Å². The third-order valence-electron chi connectivity index (χ3n) is 5.01. The van der Waals surface area contributed by atoms with Gasteiger partial charge in [-0.25, -0.2) is 0 Å². The summed E-state index contributed by atoms with van der Waals surface area (Å²) in [7, 11) is 2.40. The molecule has 1 aliphatic rings. The van der Waals surface area contributed by atoms with Crippen LogP contribution in [-0.2, 0) is 25.5 Å². The molecule has 0 saturated carbocycles. The number of aliphatic hydroxyl groups excluding tert-OH is 1. The molecular weight excluding hydrogens is 350 g/mol. The summed E-state index contributed by atoms with van der Waals surface area (Å²) < 4.78 is 11.4. The largest absolute Gasteiger partial charge is 0.469 e. The van der Waals surface area contributed by atoms with Crippen LogP contribution in [-0.4, -0.2) is 35.8 Å². The quantitative estimate of drug-likeness (QED) is 0.818. The Kier molecular flexibility index (Phi) is 5.14. The molecule has 7 heteroatoms. The van der Waals surface area contributed by atoms with E-state index in [1.807, 2.05) is 34.9 Å². The number of aryl methyl sites for hydroxylation is 1. The summed E-state index contributed by atoms with van der Waals surface area (Å²) in [6.45, 7) is 1.78. The number of aliphatic hydroxyl groups is 1. The van der Waals surface area contributed by atoms with Crippen LogP contribution in [0.1, 0.15) is 23.1 Å². The molecule has 7 nitrogen and oxygen atoms in total. The summed E-state index contributed by atoms with van der Waals surface area (Å²) in [5.41, 5.74) is 1.68. The molecule has 0 spiro atoms. The van der Waals surface area contributed by atoms with Gasteiger partial charge in [-0.3, -0.25) is 14.4 Å². The Labute approximate surface area is 156 Å². The number of nitrogens with zero attached hydrogens (tertiary/aromatic N) is 1. The molecule has 1 aromatic heterocycles. The fraction of sp³-hybridized carbons (Fsp3) is 0.350. The Morgan fingerprint density at radius 2 is 1.74 bits per heavy atom. The topological polar surface area (TPSA) is 94.8 Å². The van der Waals surface area contributed by atoms with Crippen LogP contribution in [0.5, 0.6) is 0 Å². The molecule has 27 heavy (non-hydrogen) atoms. The lowest BCUT2D eigenvalue weighted by Crippen LogP contribution is -2.44. The van der Waals surface area contributed by atoms with Crippen molar-refractivity contribution in [3.8, 4) is 5.69 Å². The van der Waals surface area contributed by atoms with Crippen LogP contribution in [0.4, 0.5) is 0 Å². The van der Waals surface area contributed by atoms with Crippen LogP contribution in [0.25, 0.3) is 5.69 Å². The summed E-state index contributed by atoms with van der Waals surface area (Å²) in [4.78, 5) is 37.2. The van der Waals surface area contributed by atoms with Gasteiger partial charge in [-0.2, -0.15) is 0 Å². The number of fused-ring (bicyclic) bond motifs is 1. The zero-order valence-corrected chi connectivity index (χ0v) is 15.3. The molecule has 3 atom stereocenters. The SMILES string of the molecule is COC(=O)[C@H]1[C@H](C(=O)OC)Cc2c(c(=O)cc(C)n2-c2ccccc2)[C@@H]1O. The van der Waals surface area contributed by atoms with Gasteiger partial charge in [0.25, 0.3) is 0 Å². The predicted molar refractivity (Wildman–Crippen MR) is 96.5 cm³/mol. The maximum atomic E-state index is 12.6. The zero-order valence-electron chi connectivity index (χ0n) is 15.3. The number of rotatable bonds is 3. The van der Waals surface area contributed by atoms with Crippen LogP contribution in [0.3, 0.4) is 0 Å². The number of carbonyl (C=O) groups excluding carboxylic acids is 2. The highest BCUT2D eigenvalue weighted by molar-refractivity contribution is 5.83. The third kappa shape index (κ3) is 3.14. The first kappa shape index (κ1) is 18.8. The van der Waals surface area contributed by atoms with Gasteiger partial charge in [-0.05, 0) is 19.1 Å². The molecule has 2 aromatic rings. The lowest BCUT2D eigenvalue weighted by atomic mass is 9.75. The van der Waals surface area contributed by atoms with E-state index >= 15 is 0 Å². The van der Waals surface area contributed by atoms with Crippen molar-refractivity contribution in [3.05, 3.63) is 63.6 Å². The number of hydrogen-bond donors (Lipinski definition) is 1. The summed E-state index contributed by atoms with van der Waals surface area (Å²) in [5, 5.41) is 10.9. The number of carbonyl (C=O) groups is 2. The minimum Gasteiger partial charge on any atom is -0.469 e. The van der Waals surface area contributed by atoms with Crippen molar-refractivity contribution in [2.24, 2.45) is 11.8 Å². The number of aromatic nitrogens is 1. The molecule has 0 saturated heterocycles. The van der Waals surface area contributed by atoms with Crippen LogP contribution in [0.15, 0.2) is 41.2 Å². The molecule has 0 aliphatic heterocycles. The smallest absolute Gasteiger partial charge is 0.312 e. The Balaban J connectivity index is 2.27. The lowest BCUT2D eigenvalue weighted by molar-refractivity contribution is -0.163. The maximum absolute atomic E-state index is 12.6. The van der Waals surface area contributed by atoms with Crippen molar-refractivity contribution in [1.29, 1.82) is 0 Å². The molecule has 1 heterocycles. The van der Waals surface area contributed by atoms with Crippen LogP contribution in [0, 0.1) is 18.8 Å². The van der Waals surface area contributed by atoms with E-state index in [9.17, 15) is 19.5 Å². The Morgan fingerprint density at radius 1 is 1.11 bits per heavy atom. The highest BCUT2D eigenvalue weighted by atomic mass is 16.5. The number of hydrogen-bond acceptors (Lipinski definition) is 6. The zero-order chi connectivity index (χ0) is 19.7. The number of ether oxygens (including phenoxy) is 2. The standard InChI is InChI=1S/C20H21NO6/c1-11-9-15(22)17-14(21(11)12-7-5-4-6-8-12)10-13(19(24)26-2)16(18(17)23)20(25)27-3/h4-9,13,16,18,23H,10H2,1-3H3/t13-,16+,18-/m1/s1. The molecule has 0 radical (unpaired) electrons. The number of methoxy groups -OCH3 is 2. The first-order chi connectivity index (χ1) is 12.9. The number of esters is 2. The minimum absolute atomic E-state index is 0.0741. The fourth-order valence-electron chi connectivity index (χ4n) is 3.81. The van der Waals surface area contributed by atoms with Crippen molar-refractivity contribution in [2.45, 2.75) is 19.4 Å². The van der Waals surface area contributed by atoms with E-state index in [1.54, 1.807) is 6.92 Å². The van der Waals surface area contributed by atoms with E-state index in [0.29, 0.717) is 11.4 Å². The van der Waals surface area contributed by atoms with Gasteiger partial charge in [0.15, 0.2) is 5.43 Å². The van der Waals surface area contributed by atoms with Crippen molar-refractivity contribution in [1.82, 2.24) is 4.57 Å². The summed E-state index contributed by atoms with van der Waals surface area (Å²) in [6, 6.07) is 10.7. The second-order valence-electron chi connectivity index (χ2n) is 6.51. The molecule has 1 N–H and O–H groups in total. The minimum atomic E-state index is -1.46. The van der Waals surface area contributed by atoms with E-state index in [-0.39, 0.29) is 17.4 Å². The number of pyridine rings is 1. The molecule has 0 fully saturated rings. The Morgan fingerprint density at radius 3 is 2.33 bits per heavy atom. The van der Waals surface area contributed by atoms with Gasteiger partial charge < -0.3 is 19.1 Å². The molecule has 1 aliphatic carbocycles. The molecule has 3 rings (SSSR count). The average Bonchev–Trinajstić information content (AvgIpc) is 2.66. The third-order valence-corrected chi connectivity index (χ3v) is 5.01. The van der Waals surface area contributed by atoms with E-state index in [4.69, 9.17) is 9.47 Å². The normalized spacial score (nSPS) is 21.3. The molecule has 142 valence electrons. The van der Waals surface area contributed by atoms with Gasteiger partial charge in [0.05, 0.1) is 26.2 Å². The molecule has 1 aromatic carbocycles. The molecule has 0 bridgehead atoms.